The fraction of sp³-hybridized carbons (Fsp3) is 0. The van der Waals surface area contributed by atoms with Crippen LogP contribution in [0.1, 0.15) is 0 Å². The summed E-state index contributed by atoms with van der Waals surface area (Å²) in [7, 11) is 0. The van der Waals surface area contributed by atoms with Crippen LogP contribution in [0.4, 0.5) is 0 Å². The molecule has 0 aliphatic rings. The quantitative estimate of drug-likeness (QED) is 0.674. The molecule has 5 heteroatoms. The molecular formula is C14H8BrClN2O. The molecule has 1 heterocycles. The molecule has 3 aromatic rings. The zero-order valence-electron chi connectivity index (χ0n) is 9.68. The van der Waals surface area contributed by atoms with Gasteiger partial charge in [-0.1, -0.05) is 29.8 Å². The third-order valence-electron chi connectivity index (χ3n) is 2.60. The molecular weight excluding hydrogens is 328 g/mol. The zero-order chi connectivity index (χ0) is 13.2. The molecule has 1 aromatic heterocycles. The Labute approximate surface area is 123 Å². The molecule has 0 aliphatic heterocycles. The van der Waals surface area contributed by atoms with Crippen molar-refractivity contribution in [1.82, 2.24) is 10.2 Å². The van der Waals surface area contributed by atoms with Crippen molar-refractivity contribution in [2.24, 2.45) is 0 Å². The van der Waals surface area contributed by atoms with Crippen molar-refractivity contribution >= 4 is 27.5 Å². The molecule has 0 spiro atoms. The van der Waals surface area contributed by atoms with Crippen LogP contribution in [0.3, 0.4) is 0 Å². The minimum Gasteiger partial charge on any atom is -0.416 e. The highest BCUT2D eigenvalue weighted by molar-refractivity contribution is 9.10. The molecule has 0 saturated carbocycles. The van der Waals surface area contributed by atoms with Gasteiger partial charge in [0.1, 0.15) is 0 Å². The van der Waals surface area contributed by atoms with Crippen molar-refractivity contribution < 1.29 is 4.42 Å². The molecule has 0 fully saturated rings. The van der Waals surface area contributed by atoms with E-state index in [1.54, 1.807) is 12.1 Å². The number of rotatable bonds is 2. The minimum absolute atomic E-state index is 0.452. The normalized spacial score (nSPS) is 10.6. The van der Waals surface area contributed by atoms with E-state index >= 15 is 0 Å². The van der Waals surface area contributed by atoms with Crippen LogP contribution in [0, 0.1) is 0 Å². The summed E-state index contributed by atoms with van der Waals surface area (Å²) in [6.07, 6.45) is 0. The predicted molar refractivity (Wildman–Crippen MR) is 77.9 cm³/mol. The van der Waals surface area contributed by atoms with Crippen molar-refractivity contribution in [3.05, 3.63) is 58.0 Å². The Morgan fingerprint density at radius 2 is 1.74 bits per heavy atom. The van der Waals surface area contributed by atoms with Crippen LogP contribution in [-0.2, 0) is 0 Å². The molecule has 0 amide bonds. The topological polar surface area (TPSA) is 38.9 Å². The second-order valence-electron chi connectivity index (χ2n) is 3.90. The van der Waals surface area contributed by atoms with Gasteiger partial charge in [0.15, 0.2) is 0 Å². The van der Waals surface area contributed by atoms with Crippen LogP contribution in [0.15, 0.2) is 57.4 Å². The first-order valence-electron chi connectivity index (χ1n) is 5.58. The predicted octanol–water partition coefficient (Wildman–Crippen LogP) is 4.82. The summed E-state index contributed by atoms with van der Waals surface area (Å²) in [5.41, 5.74) is 1.67. The standard InChI is InChI=1S/C14H8BrClN2O/c15-12-7-2-1-6-11(12)14-18-17-13(19-14)9-4-3-5-10(16)8-9/h1-8H. The fourth-order valence-electron chi connectivity index (χ4n) is 1.70. The lowest BCUT2D eigenvalue weighted by atomic mass is 10.2. The van der Waals surface area contributed by atoms with Gasteiger partial charge in [0.2, 0.25) is 11.8 Å². The van der Waals surface area contributed by atoms with E-state index in [2.05, 4.69) is 26.1 Å². The maximum absolute atomic E-state index is 5.95. The molecule has 0 saturated heterocycles. The van der Waals surface area contributed by atoms with Crippen molar-refractivity contribution in [3.8, 4) is 22.9 Å². The summed E-state index contributed by atoms with van der Waals surface area (Å²) in [6.45, 7) is 0. The Kier molecular flexibility index (Phi) is 3.36. The highest BCUT2D eigenvalue weighted by Crippen LogP contribution is 2.29. The van der Waals surface area contributed by atoms with Gasteiger partial charge in [0.25, 0.3) is 0 Å². The van der Waals surface area contributed by atoms with E-state index in [4.69, 9.17) is 16.0 Å². The average molecular weight is 336 g/mol. The van der Waals surface area contributed by atoms with Gasteiger partial charge in [-0.2, -0.15) is 0 Å². The summed E-state index contributed by atoms with van der Waals surface area (Å²) < 4.78 is 6.59. The Morgan fingerprint density at radius 3 is 2.53 bits per heavy atom. The molecule has 0 aliphatic carbocycles. The molecule has 0 N–H and O–H groups in total. The lowest BCUT2D eigenvalue weighted by Gasteiger charge is -1.98. The van der Waals surface area contributed by atoms with E-state index < -0.39 is 0 Å². The first-order valence-corrected chi connectivity index (χ1v) is 6.75. The van der Waals surface area contributed by atoms with Gasteiger partial charge in [-0.15, -0.1) is 10.2 Å². The van der Waals surface area contributed by atoms with Gasteiger partial charge >= 0.3 is 0 Å². The molecule has 3 nitrogen and oxygen atoms in total. The van der Waals surface area contributed by atoms with E-state index in [1.165, 1.54) is 0 Å². The Hall–Kier alpha value is -1.65. The Balaban J connectivity index is 2.03. The first-order chi connectivity index (χ1) is 9.24. The zero-order valence-corrected chi connectivity index (χ0v) is 12.0. The van der Waals surface area contributed by atoms with Crippen molar-refractivity contribution in [2.45, 2.75) is 0 Å². The van der Waals surface area contributed by atoms with E-state index in [0.717, 1.165) is 15.6 Å². The number of hydrogen-bond donors (Lipinski definition) is 0. The summed E-state index contributed by atoms with van der Waals surface area (Å²) in [4.78, 5) is 0. The molecule has 0 atom stereocenters. The van der Waals surface area contributed by atoms with Gasteiger partial charge in [-0.3, -0.25) is 0 Å². The molecule has 0 radical (unpaired) electrons. The lowest BCUT2D eigenvalue weighted by molar-refractivity contribution is 0.584. The smallest absolute Gasteiger partial charge is 0.249 e. The monoisotopic (exact) mass is 334 g/mol. The number of nitrogens with zero attached hydrogens (tertiary/aromatic N) is 2. The maximum atomic E-state index is 5.95. The molecule has 3 rings (SSSR count). The number of hydrogen-bond acceptors (Lipinski definition) is 3. The van der Waals surface area contributed by atoms with E-state index in [9.17, 15) is 0 Å². The fourth-order valence-corrected chi connectivity index (χ4v) is 2.35. The van der Waals surface area contributed by atoms with Crippen molar-refractivity contribution in [2.75, 3.05) is 0 Å². The van der Waals surface area contributed by atoms with Crippen molar-refractivity contribution in [3.63, 3.8) is 0 Å². The van der Waals surface area contributed by atoms with Crippen LogP contribution < -0.4 is 0 Å². The van der Waals surface area contributed by atoms with Gasteiger partial charge in [-0.25, -0.2) is 0 Å². The summed E-state index contributed by atoms with van der Waals surface area (Å²) in [6, 6.07) is 15.0. The second-order valence-corrected chi connectivity index (χ2v) is 5.19. The summed E-state index contributed by atoms with van der Waals surface area (Å²) in [5, 5.41) is 8.75. The first kappa shape index (κ1) is 12.4. The molecule has 0 bridgehead atoms. The average Bonchev–Trinajstić information content (AvgIpc) is 2.89. The lowest BCUT2D eigenvalue weighted by Crippen LogP contribution is -1.78. The van der Waals surface area contributed by atoms with E-state index in [-0.39, 0.29) is 0 Å². The van der Waals surface area contributed by atoms with Crippen LogP contribution in [0.5, 0.6) is 0 Å². The number of benzene rings is 2. The highest BCUT2D eigenvalue weighted by atomic mass is 79.9. The van der Waals surface area contributed by atoms with Gasteiger partial charge in [0, 0.05) is 15.1 Å². The van der Waals surface area contributed by atoms with Gasteiger partial charge < -0.3 is 4.42 Å². The van der Waals surface area contributed by atoms with E-state index in [1.807, 2.05) is 36.4 Å². The highest BCUT2D eigenvalue weighted by Gasteiger charge is 2.12. The number of halogens is 2. The van der Waals surface area contributed by atoms with Crippen LogP contribution in [-0.4, -0.2) is 10.2 Å². The van der Waals surface area contributed by atoms with E-state index in [0.29, 0.717) is 16.8 Å². The summed E-state index contributed by atoms with van der Waals surface area (Å²) in [5.74, 6) is 0.927. The summed E-state index contributed by atoms with van der Waals surface area (Å²) >= 11 is 9.41. The largest absolute Gasteiger partial charge is 0.416 e. The third-order valence-corrected chi connectivity index (χ3v) is 3.53. The molecule has 0 unspecified atom stereocenters. The SMILES string of the molecule is Clc1cccc(-c2nnc(-c3ccccc3Br)o2)c1. The second kappa shape index (κ2) is 5.15. The Morgan fingerprint density at radius 1 is 0.947 bits per heavy atom. The van der Waals surface area contributed by atoms with Crippen LogP contribution in [0.2, 0.25) is 5.02 Å². The maximum Gasteiger partial charge on any atom is 0.249 e. The van der Waals surface area contributed by atoms with Gasteiger partial charge in [-0.05, 0) is 46.3 Å². The van der Waals surface area contributed by atoms with Crippen LogP contribution in [0.25, 0.3) is 22.9 Å². The molecule has 94 valence electrons. The van der Waals surface area contributed by atoms with Gasteiger partial charge in [0.05, 0.1) is 5.56 Å². The Bertz CT molecular complexity index is 727. The number of aromatic nitrogens is 2. The molecule has 19 heavy (non-hydrogen) atoms. The third kappa shape index (κ3) is 2.55. The molecule has 2 aromatic carbocycles. The minimum atomic E-state index is 0.452. The van der Waals surface area contributed by atoms with Crippen LogP contribution >= 0.6 is 27.5 Å². The van der Waals surface area contributed by atoms with Crippen molar-refractivity contribution in [1.29, 1.82) is 0 Å².